The number of aromatic nitrogens is 3. The molecule has 0 atom stereocenters. The molecule has 1 saturated heterocycles. The van der Waals surface area contributed by atoms with Gasteiger partial charge in [-0.25, -0.2) is 4.98 Å². The summed E-state index contributed by atoms with van der Waals surface area (Å²) in [6.45, 7) is 6.95. The highest BCUT2D eigenvalue weighted by Crippen LogP contribution is 2.26. The lowest BCUT2D eigenvalue weighted by atomic mass is 10.1. The normalized spacial score (nSPS) is 15.4. The Bertz CT molecular complexity index is 1050. The number of nitrogens with zero attached hydrogens (tertiary/aromatic N) is 3. The quantitative estimate of drug-likeness (QED) is 0.605. The van der Waals surface area contributed by atoms with Crippen LogP contribution in [0.5, 0.6) is 0 Å². The molecule has 4 aromatic rings. The molecule has 0 aliphatic carbocycles. The van der Waals surface area contributed by atoms with Crippen molar-refractivity contribution in [3.8, 4) is 11.3 Å². The van der Waals surface area contributed by atoms with Gasteiger partial charge in [-0.3, -0.25) is 4.40 Å². The molecular weight excluding hydrogens is 320 g/mol. The van der Waals surface area contributed by atoms with E-state index in [1.165, 1.54) is 54.8 Å². The van der Waals surface area contributed by atoms with E-state index >= 15 is 0 Å². The van der Waals surface area contributed by atoms with E-state index < -0.39 is 0 Å². The van der Waals surface area contributed by atoms with Crippen LogP contribution in [0.2, 0.25) is 0 Å². The molecule has 3 heterocycles. The van der Waals surface area contributed by atoms with Gasteiger partial charge >= 0.3 is 0 Å². The summed E-state index contributed by atoms with van der Waals surface area (Å²) in [6.07, 6.45) is 5.00. The van der Waals surface area contributed by atoms with Crippen molar-refractivity contribution in [3.63, 3.8) is 0 Å². The topological polar surface area (TPSA) is 26.7 Å². The highest BCUT2D eigenvalue weighted by atomic mass is 15.2. The Labute approximate surface area is 153 Å². The lowest BCUT2D eigenvalue weighted by Gasteiger charge is -2.14. The summed E-state index contributed by atoms with van der Waals surface area (Å²) in [6, 6.07) is 17.3. The second kappa shape index (κ2) is 6.29. The van der Waals surface area contributed by atoms with E-state index in [4.69, 9.17) is 4.98 Å². The van der Waals surface area contributed by atoms with Crippen LogP contribution < -0.4 is 4.90 Å². The number of hydrogen-bond donors (Lipinski definition) is 1. The van der Waals surface area contributed by atoms with Crippen molar-refractivity contribution in [2.24, 2.45) is 0 Å². The standard InChI is InChI=1S/C22H24N4/c1-17-8-10-18(11-9-17)21-16-26-20-7-3-2-6-19(20)23-22(26)25(21)15-14-24-12-4-5-13-24/h2-3,6-11,16H,4-5,12-15H2,1H3/p+1. The van der Waals surface area contributed by atoms with E-state index in [-0.39, 0.29) is 0 Å². The molecule has 4 heteroatoms. The zero-order valence-electron chi connectivity index (χ0n) is 15.3. The Balaban J connectivity index is 1.63. The molecule has 1 aliphatic rings. The molecule has 1 fully saturated rings. The maximum atomic E-state index is 4.94. The molecule has 0 bridgehead atoms. The third-order valence-electron chi connectivity index (χ3n) is 5.71. The van der Waals surface area contributed by atoms with Gasteiger partial charge in [-0.1, -0.05) is 42.0 Å². The second-order valence-corrected chi connectivity index (χ2v) is 7.51. The van der Waals surface area contributed by atoms with Crippen LogP contribution in [0.15, 0.2) is 54.7 Å². The van der Waals surface area contributed by atoms with Gasteiger partial charge < -0.3 is 9.47 Å². The van der Waals surface area contributed by atoms with E-state index in [0.29, 0.717) is 0 Å². The summed E-state index contributed by atoms with van der Waals surface area (Å²) in [5.41, 5.74) is 6.07. The van der Waals surface area contributed by atoms with Gasteiger partial charge in [0, 0.05) is 19.0 Å². The summed E-state index contributed by atoms with van der Waals surface area (Å²) in [7, 11) is 0. The highest BCUT2D eigenvalue weighted by molar-refractivity contribution is 5.81. The number of hydrogen-bond acceptors (Lipinski definition) is 1. The Morgan fingerprint density at radius 3 is 2.58 bits per heavy atom. The van der Waals surface area contributed by atoms with Crippen molar-refractivity contribution < 1.29 is 4.90 Å². The van der Waals surface area contributed by atoms with Crippen LogP contribution in [-0.2, 0) is 6.54 Å². The van der Waals surface area contributed by atoms with Gasteiger partial charge in [-0.15, -0.1) is 0 Å². The van der Waals surface area contributed by atoms with Gasteiger partial charge in [0.25, 0.3) is 0 Å². The minimum Gasteiger partial charge on any atom is -0.333 e. The van der Waals surface area contributed by atoms with E-state index in [1.807, 2.05) is 0 Å². The summed E-state index contributed by atoms with van der Waals surface area (Å²) in [5.74, 6) is 1.06. The minimum atomic E-state index is 1.01. The molecule has 5 rings (SSSR count). The average molecular weight is 345 g/mol. The monoisotopic (exact) mass is 345 g/mol. The Morgan fingerprint density at radius 1 is 1.00 bits per heavy atom. The first-order valence-corrected chi connectivity index (χ1v) is 9.66. The van der Waals surface area contributed by atoms with Crippen LogP contribution in [0, 0.1) is 6.92 Å². The molecule has 2 aromatic heterocycles. The lowest BCUT2D eigenvalue weighted by Crippen LogP contribution is -3.10. The first kappa shape index (κ1) is 15.6. The summed E-state index contributed by atoms with van der Waals surface area (Å²) in [5, 5.41) is 0. The Kier molecular flexibility index (Phi) is 3.79. The van der Waals surface area contributed by atoms with Gasteiger partial charge in [0.1, 0.15) is 0 Å². The highest BCUT2D eigenvalue weighted by Gasteiger charge is 2.19. The molecular formula is C22H25N4+. The third kappa shape index (κ3) is 2.61. The number of para-hydroxylation sites is 2. The van der Waals surface area contributed by atoms with E-state index in [9.17, 15) is 0 Å². The molecule has 0 amide bonds. The van der Waals surface area contributed by atoms with Gasteiger partial charge in [0.2, 0.25) is 5.78 Å². The zero-order valence-corrected chi connectivity index (χ0v) is 15.3. The van der Waals surface area contributed by atoms with Gasteiger partial charge in [0.15, 0.2) is 0 Å². The number of likely N-dealkylation sites (tertiary alicyclic amines) is 1. The van der Waals surface area contributed by atoms with Crippen LogP contribution in [0.4, 0.5) is 0 Å². The van der Waals surface area contributed by atoms with Gasteiger partial charge in [0.05, 0.1) is 42.9 Å². The molecule has 4 nitrogen and oxygen atoms in total. The third-order valence-corrected chi connectivity index (χ3v) is 5.71. The second-order valence-electron chi connectivity index (χ2n) is 7.51. The van der Waals surface area contributed by atoms with Crippen molar-refractivity contribution in [2.75, 3.05) is 19.6 Å². The van der Waals surface area contributed by atoms with Crippen molar-refractivity contribution >= 4 is 16.8 Å². The summed E-state index contributed by atoms with van der Waals surface area (Å²) in [4.78, 5) is 6.67. The number of imidazole rings is 2. The molecule has 2 aromatic carbocycles. The predicted molar refractivity (Wildman–Crippen MR) is 106 cm³/mol. The summed E-state index contributed by atoms with van der Waals surface area (Å²) >= 11 is 0. The first-order valence-electron chi connectivity index (χ1n) is 9.66. The minimum absolute atomic E-state index is 1.01. The van der Waals surface area contributed by atoms with E-state index in [0.717, 1.165) is 17.8 Å². The molecule has 0 saturated carbocycles. The fraction of sp³-hybridized carbons (Fsp3) is 0.318. The number of aryl methyl sites for hydroxylation is 1. The maximum Gasteiger partial charge on any atom is 0.215 e. The molecule has 132 valence electrons. The van der Waals surface area contributed by atoms with Crippen molar-refractivity contribution in [1.29, 1.82) is 0 Å². The number of rotatable bonds is 4. The van der Waals surface area contributed by atoms with Crippen molar-refractivity contribution in [1.82, 2.24) is 14.0 Å². The number of quaternary nitrogens is 1. The van der Waals surface area contributed by atoms with Crippen molar-refractivity contribution in [2.45, 2.75) is 26.3 Å². The van der Waals surface area contributed by atoms with Gasteiger partial charge in [-0.05, 0) is 24.6 Å². The maximum absolute atomic E-state index is 4.94. The fourth-order valence-corrected chi connectivity index (χ4v) is 4.22. The predicted octanol–water partition coefficient (Wildman–Crippen LogP) is 2.94. The van der Waals surface area contributed by atoms with Crippen LogP contribution in [0.25, 0.3) is 28.1 Å². The first-order chi connectivity index (χ1) is 12.8. The largest absolute Gasteiger partial charge is 0.333 e. The number of fused-ring (bicyclic) bond motifs is 3. The smallest absolute Gasteiger partial charge is 0.215 e. The van der Waals surface area contributed by atoms with Crippen LogP contribution in [0.1, 0.15) is 18.4 Å². The zero-order chi connectivity index (χ0) is 17.5. The Hall–Kier alpha value is -2.59. The number of nitrogens with one attached hydrogen (secondary N) is 1. The Morgan fingerprint density at radius 2 is 1.77 bits per heavy atom. The van der Waals surface area contributed by atoms with E-state index in [2.05, 4.69) is 70.6 Å². The molecule has 26 heavy (non-hydrogen) atoms. The van der Waals surface area contributed by atoms with Crippen molar-refractivity contribution in [3.05, 3.63) is 60.3 Å². The van der Waals surface area contributed by atoms with Crippen LogP contribution in [0.3, 0.4) is 0 Å². The fourth-order valence-electron chi connectivity index (χ4n) is 4.22. The average Bonchev–Trinajstić information content (AvgIpc) is 3.36. The molecule has 1 aliphatic heterocycles. The van der Waals surface area contributed by atoms with Crippen LogP contribution in [-0.4, -0.2) is 33.6 Å². The summed E-state index contributed by atoms with van der Waals surface area (Å²) < 4.78 is 4.67. The molecule has 1 N–H and O–H groups in total. The SMILES string of the molecule is Cc1ccc(-c2cn3c4ccccc4nc3n2CC[NH+]2CCCC2)cc1. The molecule has 0 unspecified atom stereocenters. The van der Waals surface area contributed by atoms with Crippen LogP contribution >= 0.6 is 0 Å². The van der Waals surface area contributed by atoms with Gasteiger partial charge in [-0.2, -0.15) is 0 Å². The number of benzene rings is 2. The lowest BCUT2D eigenvalue weighted by molar-refractivity contribution is -0.887. The molecule has 0 spiro atoms. The molecule has 0 radical (unpaired) electrons. The van der Waals surface area contributed by atoms with E-state index in [1.54, 1.807) is 4.90 Å².